The lowest BCUT2D eigenvalue weighted by Gasteiger charge is -2.34. The summed E-state index contributed by atoms with van der Waals surface area (Å²) >= 11 is 2.05. The fourth-order valence-electron chi connectivity index (χ4n) is 1.64. The number of rotatable bonds is 5. The van der Waals surface area contributed by atoms with E-state index in [9.17, 15) is 35.3 Å². The largest absolute Gasteiger partial charge is 0.607 e. The molecule has 3 atom stereocenters. The number of hydrogen-bond acceptors (Lipinski definition) is 2. The van der Waals surface area contributed by atoms with Crippen molar-refractivity contribution in [1.29, 1.82) is 0 Å². The molecule has 0 bridgehead atoms. The van der Waals surface area contributed by atoms with Gasteiger partial charge in [0.2, 0.25) is 0 Å². The summed E-state index contributed by atoms with van der Waals surface area (Å²) in [6.07, 6.45) is -4.27. The van der Waals surface area contributed by atoms with E-state index in [0.717, 1.165) is 12.2 Å². The molecule has 1 aliphatic carbocycles. The predicted octanol–water partition coefficient (Wildman–Crippen LogP) is 5.07. The maximum atomic E-state index is 13.6. The van der Waals surface area contributed by atoms with E-state index in [1.807, 2.05) is 0 Å². The summed E-state index contributed by atoms with van der Waals surface area (Å²) in [4.78, 5) is -0.904. The Hall–Kier alpha value is 0.220. The Labute approximate surface area is 152 Å². The summed E-state index contributed by atoms with van der Waals surface area (Å²) in [5.74, 6) is -6.46. The van der Waals surface area contributed by atoms with Crippen molar-refractivity contribution in [3.8, 4) is 0 Å². The van der Waals surface area contributed by atoms with Gasteiger partial charge in [-0.3, -0.25) is 0 Å². The average Bonchev–Trinajstić information content (AvgIpc) is 2.42. The van der Waals surface area contributed by atoms with Crippen molar-refractivity contribution >= 4 is 43.0 Å². The maximum Gasteiger partial charge on any atom is 0.486 e. The first-order valence-corrected chi connectivity index (χ1v) is 8.75. The molecule has 0 spiro atoms. The molecule has 0 amide bonds. The molecule has 1 radical (unpaired) electrons. The molecule has 139 valence electrons. The lowest BCUT2D eigenvalue weighted by molar-refractivity contribution is -0.331. The second-order valence-electron chi connectivity index (χ2n) is 4.78. The van der Waals surface area contributed by atoms with Gasteiger partial charge in [-0.15, -0.1) is 8.78 Å². The summed E-state index contributed by atoms with van der Waals surface area (Å²) in [6.45, 7) is 1.48. The predicted molar refractivity (Wildman–Crippen MR) is 81.6 cm³/mol. The van der Waals surface area contributed by atoms with Crippen LogP contribution in [0.15, 0.2) is 21.5 Å². The van der Waals surface area contributed by atoms with E-state index in [0.29, 0.717) is 0 Å². The zero-order valence-corrected chi connectivity index (χ0v) is 15.9. The molecular weight excluding hydrogens is 501 g/mol. The van der Waals surface area contributed by atoms with Crippen LogP contribution in [0.25, 0.3) is 0 Å². The maximum absolute atomic E-state index is 13.6. The normalized spacial score (nSPS) is 25.8. The Morgan fingerprint density at radius 1 is 1.21 bits per heavy atom. The minimum absolute atomic E-state index is 0.0558. The highest BCUT2D eigenvalue weighted by Gasteiger charge is 2.80. The molecule has 0 fully saturated rings. The number of halogens is 9. The number of hydrogen-bond donors (Lipinski definition) is 0. The molecule has 0 aromatic heterocycles. The van der Waals surface area contributed by atoms with Gasteiger partial charge in [-0.2, -0.15) is 22.0 Å². The lowest BCUT2D eigenvalue weighted by Crippen LogP contribution is -2.56. The minimum atomic E-state index is -6.56. The highest BCUT2D eigenvalue weighted by molar-refractivity contribution is 9.12. The topological polar surface area (TPSA) is 32.3 Å². The fraction of sp³-hybridized carbons (Fsp3) is 0.583. The van der Waals surface area contributed by atoms with Gasteiger partial charge in [-0.05, 0) is 13.0 Å². The Morgan fingerprint density at radius 2 is 1.71 bits per heavy atom. The second-order valence-corrected chi connectivity index (χ2v) is 8.59. The first-order chi connectivity index (χ1) is 10.6. The standard InChI is InChI=1S/C12H10Br2F7O2S/c1-6(23-2)9(14)4-7(13)3-8(5-9)24(22)12(20,21)10(15,16)11(17,18)19/h3-6H,1-2H3. The highest BCUT2D eigenvalue weighted by Crippen LogP contribution is 2.52. The quantitative estimate of drug-likeness (QED) is 0.294. The van der Waals surface area contributed by atoms with Gasteiger partial charge in [0.1, 0.15) is 0 Å². The van der Waals surface area contributed by atoms with Gasteiger partial charge in [0.15, 0.2) is 4.91 Å². The molecule has 1 rings (SSSR count). The number of alkyl halides is 8. The first kappa shape index (κ1) is 22.3. The van der Waals surface area contributed by atoms with E-state index in [2.05, 4.69) is 31.9 Å². The van der Waals surface area contributed by atoms with Crippen molar-refractivity contribution in [2.75, 3.05) is 7.11 Å². The van der Waals surface area contributed by atoms with Crippen molar-refractivity contribution in [2.24, 2.45) is 0 Å². The fourth-order valence-corrected chi connectivity index (χ4v) is 4.74. The summed E-state index contributed by atoms with van der Waals surface area (Å²) < 4.78 is 106. The van der Waals surface area contributed by atoms with Gasteiger partial charge < -0.3 is 9.29 Å². The van der Waals surface area contributed by atoms with E-state index in [-0.39, 0.29) is 4.48 Å². The Morgan fingerprint density at radius 3 is 2.12 bits per heavy atom. The van der Waals surface area contributed by atoms with Crippen LogP contribution in [-0.4, -0.2) is 39.4 Å². The van der Waals surface area contributed by atoms with Gasteiger partial charge in [-0.25, -0.2) is 0 Å². The molecule has 0 saturated heterocycles. The van der Waals surface area contributed by atoms with Crippen LogP contribution >= 0.6 is 31.9 Å². The summed E-state index contributed by atoms with van der Waals surface area (Å²) in [5.41, 5.74) is 0. The summed E-state index contributed by atoms with van der Waals surface area (Å²) in [5, 5.41) is -5.86. The molecule has 0 heterocycles. The van der Waals surface area contributed by atoms with Crippen LogP contribution in [0.3, 0.4) is 0 Å². The third-order valence-corrected chi connectivity index (χ3v) is 6.09. The molecule has 0 N–H and O–H groups in total. The molecule has 1 aliphatic rings. The molecule has 0 aromatic rings. The smallest absolute Gasteiger partial charge is 0.486 e. The van der Waals surface area contributed by atoms with E-state index in [4.69, 9.17) is 4.74 Å². The Bertz CT molecular complexity index is 550. The number of allylic oxidation sites excluding steroid dienone is 2. The lowest BCUT2D eigenvalue weighted by atomic mass is 9.95. The van der Waals surface area contributed by atoms with Crippen LogP contribution in [0, 0.1) is 6.42 Å². The molecule has 2 nitrogen and oxygen atoms in total. The molecule has 3 unspecified atom stereocenters. The van der Waals surface area contributed by atoms with Crippen molar-refractivity contribution < 1.29 is 40.0 Å². The van der Waals surface area contributed by atoms with Gasteiger partial charge in [0.25, 0.3) is 0 Å². The highest BCUT2D eigenvalue weighted by atomic mass is 79.9. The number of methoxy groups -OCH3 is 1. The van der Waals surface area contributed by atoms with Gasteiger partial charge >= 0.3 is 17.4 Å². The minimum Gasteiger partial charge on any atom is -0.607 e. The zero-order valence-electron chi connectivity index (χ0n) is 11.9. The summed E-state index contributed by atoms with van der Waals surface area (Å²) in [7, 11) is 1.27. The van der Waals surface area contributed by atoms with Crippen molar-refractivity contribution in [3.05, 3.63) is 28.0 Å². The SMILES string of the molecule is COC(C)C1(Br)[CH]C(Br)=CC([S+]([O-])C(F)(F)C(F)(F)C(F)(F)F)=C1. The Balaban J connectivity index is 3.33. The third kappa shape index (κ3) is 3.97. The van der Waals surface area contributed by atoms with E-state index >= 15 is 0 Å². The van der Waals surface area contributed by atoms with Crippen LogP contribution in [0.4, 0.5) is 30.7 Å². The van der Waals surface area contributed by atoms with E-state index in [1.165, 1.54) is 20.5 Å². The van der Waals surface area contributed by atoms with Gasteiger partial charge in [-0.1, -0.05) is 31.9 Å². The average molecular weight is 511 g/mol. The second kappa shape index (κ2) is 7.09. The van der Waals surface area contributed by atoms with Crippen molar-refractivity contribution in [1.82, 2.24) is 0 Å². The molecule has 0 aromatic carbocycles. The van der Waals surface area contributed by atoms with E-state index in [1.54, 1.807) is 0 Å². The molecule has 24 heavy (non-hydrogen) atoms. The molecule has 12 heteroatoms. The third-order valence-electron chi connectivity index (χ3n) is 3.15. The van der Waals surface area contributed by atoms with Gasteiger partial charge in [0.05, 0.1) is 21.6 Å². The Kier molecular flexibility index (Phi) is 6.57. The molecule has 0 aliphatic heterocycles. The number of ether oxygens (including phenoxy) is 1. The van der Waals surface area contributed by atoms with Crippen LogP contribution in [0.1, 0.15) is 6.92 Å². The van der Waals surface area contributed by atoms with Crippen molar-refractivity contribution in [2.45, 2.75) is 34.7 Å². The van der Waals surface area contributed by atoms with Crippen LogP contribution in [-0.2, 0) is 15.9 Å². The van der Waals surface area contributed by atoms with Crippen molar-refractivity contribution in [3.63, 3.8) is 0 Å². The van der Waals surface area contributed by atoms with Crippen LogP contribution in [0.5, 0.6) is 0 Å². The van der Waals surface area contributed by atoms with Gasteiger partial charge in [0, 0.05) is 24.1 Å². The first-order valence-electron chi connectivity index (χ1n) is 6.02. The summed E-state index contributed by atoms with van der Waals surface area (Å²) in [6, 6.07) is 0. The monoisotopic (exact) mass is 509 g/mol. The van der Waals surface area contributed by atoms with Crippen LogP contribution in [0.2, 0.25) is 0 Å². The molecule has 0 saturated carbocycles. The molecular formula is C12H10Br2F7O2S. The zero-order chi connectivity index (χ0) is 19.1. The van der Waals surface area contributed by atoms with Crippen LogP contribution < -0.4 is 0 Å². The van der Waals surface area contributed by atoms with E-state index < -0.39 is 43.9 Å².